The molecule has 0 saturated carbocycles. The monoisotopic (exact) mass is 405 g/mol. The van der Waals surface area contributed by atoms with Crippen LogP contribution in [0.5, 0.6) is 5.75 Å². The van der Waals surface area contributed by atoms with Gasteiger partial charge in [-0.25, -0.2) is 9.97 Å². The highest BCUT2D eigenvalue weighted by Gasteiger charge is 2.20. The molecule has 1 N–H and O–H groups in total. The number of pyridine rings is 1. The average Bonchev–Trinajstić information content (AvgIpc) is 2.80. The molecular formula is C23H27N5O2. The number of hydrogen-bond donors (Lipinski definition) is 1. The molecule has 2 aromatic heterocycles. The Kier molecular flexibility index (Phi) is 6.39. The van der Waals surface area contributed by atoms with Crippen LogP contribution in [0.1, 0.15) is 12.8 Å². The SMILES string of the molecule is CN(CCOc1ccccc1)c1cc(N2CCC(O)CC2)nc(-c2cccnc2)n1. The summed E-state index contributed by atoms with van der Waals surface area (Å²) < 4.78 is 5.84. The summed E-state index contributed by atoms with van der Waals surface area (Å²) in [6.07, 6.45) is 4.80. The van der Waals surface area contributed by atoms with Gasteiger partial charge in [0.05, 0.1) is 12.6 Å². The number of nitrogens with zero attached hydrogens (tertiary/aromatic N) is 5. The van der Waals surface area contributed by atoms with Crippen molar-refractivity contribution in [3.63, 3.8) is 0 Å². The minimum atomic E-state index is -0.224. The summed E-state index contributed by atoms with van der Waals surface area (Å²) in [4.78, 5) is 18.1. The topological polar surface area (TPSA) is 74.6 Å². The third kappa shape index (κ3) is 5.04. The maximum absolute atomic E-state index is 9.85. The first-order chi connectivity index (χ1) is 14.7. The molecule has 7 nitrogen and oxygen atoms in total. The zero-order valence-corrected chi connectivity index (χ0v) is 17.2. The van der Waals surface area contributed by atoms with Crippen molar-refractivity contribution in [1.82, 2.24) is 15.0 Å². The second-order valence-corrected chi connectivity index (χ2v) is 7.45. The lowest BCUT2D eigenvalue weighted by molar-refractivity contribution is 0.145. The van der Waals surface area contributed by atoms with Crippen molar-refractivity contribution in [3.8, 4) is 17.1 Å². The van der Waals surface area contributed by atoms with E-state index in [1.807, 2.05) is 55.6 Å². The smallest absolute Gasteiger partial charge is 0.165 e. The van der Waals surface area contributed by atoms with E-state index in [-0.39, 0.29) is 6.10 Å². The highest BCUT2D eigenvalue weighted by molar-refractivity contribution is 5.61. The Hall–Kier alpha value is -3.19. The van der Waals surface area contributed by atoms with E-state index in [0.717, 1.165) is 48.9 Å². The number of anilines is 2. The lowest BCUT2D eigenvalue weighted by Crippen LogP contribution is -2.36. The van der Waals surface area contributed by atoms with Gasteiger partial charge in [-0.3, -0.25) is 4.98 Å². The van der Waals surface area contributed by atoms with Crippen molar-refractivity contribution in [2.45, 2.75) is 18.9 Å². The second-order valence-electron chi connectivity index (χ2n) is 7.45. The molecule has 1 fully saturated rings. The van der Waals surface area contributed by atoms with Crippen LogP contribution in [0.3, 0.4) is 0 Å². The molecule has 30 heavy (non-hydrogen) atoms. The zero-order chi connectivity index (χ0) is 20.8. The maximum atomic E-state index is 9.85. The van der Waals surface area contributed by atoms with Crippen LogP contribution in [-0.2, 0) is 0 Å². The van der Waals surface area contributed by atoms with Crippen LogP contribution in [0.25, 0.3) is 11.4 Å². The highest BCUT2D eigenvalue weighted by atomic mass is 16.5. The number of ether oxygens (including phenoxy) is 1. The van der Waals surface area contributed by atoms with Gasteiger partial charge in [-0.1, -0.05) is 18.2 Å². The first-order valence-electron chi connectivity index (χ1n) is 10.3. The summed E-state index contributed by atoms with van der Waals surface area (Å²) in [5, 5.41) is 9.85. The van der Waals surface area contributed by atoms with Crippen molar-refractivity contribution >= 4 is 11.6 Å². The van der Waals surface area contributed by atoms with Crippen molar-refractivity contribution in [1.29, 1.82) is 0 Å². The zero-order valence-electron chi connectivity index (χ0n) is 17.2. The molecule has 3 aromatic rings. The molecule has 0 bridgehead atoms. The van der Waals surface area contributed by atoms with Gasteiger partial charge in [-0.05, 0) is 37.1 Å². The van der Waals surface area contributed by atoms with Crippen LogP contribution < -0.4 is 14.5 Å². The molecule has 156 valence electrons. The summed E-state index contributed by atoms with van der Waals surface area (Å²) >= 11 is 0. The minimum Gasteiger partial charge on any atom is -0.492 e. The van der Waals surface area contributed by atoms with Gasteiger partial charge in [0.1, 0.15) is 24.0 Å². The Balaban J connectivity index is 1.53. The number of hydrogen-bond acceptors (Lipinski definition) is 7. The molecule has 0 radical (unpaired) electrons. The van der Waals surface area contributed by atoms with Crippen molar-refractivity contribution in [3.05, 3.63) is 60.9 Å². The molecule has 0 spiro atoms. The Morgan fingerprint density at radius 2 is 1.90 bits per heavy atom. The number of benzene rings is 1. The highest BCUT2D eigenvalue weighted by Crippen LogP contribution is 2.26. The molecule has 7 heteroatoms. The van der Waals surface area contributed by atoms with Gasteiger partial charge in [0.2, 0.25) is 0 Å². The molecule has 4 rings (SSSR count). The molecule has 3 heterocycles. The van der Waals surface area contributed by atoms with E-state index in [1.54, 1.807) is 12.4 Å². The molecule has 1 aliphatic rings. The fourth-order valence-corrected chi connectivity index (χ4v) is 3.43. The fourth-order valence-electron chi connectivity index (χ4n) is 3.43. The predicted octanol–water partition coefficient (Wildman–Crippen LogP) is 3.01. The Bertz CT molecular complexity index is 931. The summed E-state index contributed by atoms with van der Waals surface area (Å²) in [5.41, 5.74) is 0.881. The normalized spacial score (nSPS) is 14.5. The maximum Gasteiger partial charge on any atom is 0.165 e. The van der Waals surface area contributed by atoms with E-state index >= 15 is 0 Å². The van der Waals surface area contributed by atoms with Crippen LogP contribution in [-0.4, -0.2) is 59.5 Å². The summed E-state index contributed by atoms with van der Waals surface area (Å²) in [7, 11) is 2.01. The third-order valence-electron chi connectivity index (χ3n) is 5.24. The lowest BCUT2D eigenvalue weighted by Gasteiger charge is -2.31. The Morgan fingerprint density at radius 1 is 1.10 bits per heavy atom. The molecule has 1 saturated heterocycles. The molecule has 1 aromatic carbocycles. The van der Waals surface area contributed by atoms with E-state index in [4.69, 9.17) is 14.7 Å². The number of aliphatic hydroxyl groups excluding tert-OH is 1. The van der Waals surface area contributed by atoms with E-state index < -0.39 is 0 Å². The summed E-state index contributed by atoms with van der Waals surface area (Å²) in [6, 6.07) is 15.7. The molecule has 0 unspecified atom stereocenters. The van der Waals surface area contributed by atoms with Crippen molar-refractivity contribution in [2.24, 2.45) is 0 Å². The van der Waals surface area contributed by atoms with Gasteiger partial charge in [0.25, 0.3) is 0 Å². The average molecular weight is 406 g/mol. The summed E-state index contributed by atoms with van der Waals surface area (Å²) in [5.74, 6) is 3.22. The van der Waals surface area contributed by atoms with Gasteiger partial charge >= 0.3 is 0 Å². The van der Waals surface area contributed by atoms with Gasteiger partial charge in [0.15, 0.2) is 5.82 Å². The van der Waals surface area contributed by atoms with Crippen LogP contribution in [0.15, 0.2) is 60.9 Å². The Labute approximate surface area is 177 Å². The van der Waals surface area contributed by atoms with Crippen LogP contribution >= 0.6 is 0 Å². The van der Waals surface area contributed by atoms with Crippen molar-refractivity contribution < 1.29 is 9.84 Å². The third-order valence-corrected chi connectivity index (χ3v) is 5.24. The number of aliphatic hydroxyl groups is 1. The van der Waals surface area contributed by atoms with Crippen LogP contribution in [0, 0.1) is 0 Å². The molecule has 0 atom stereocenters. The minimum absolute atomic E-state index is 0.224. The molecule has 1 aliphatic heterocycles. The fraction of sp³-hybridized carbons (Fsp3) is 0.348. The number of para-hydroxylation sites is 1. The van der Waals surface area contributed by atoms with E-state index in [0.29, 0.717) is 19.0 Å². The quantitative estimate of drug-likeness (QED) is 0.648. The van der Waals surface area contributed by atoms with Crippen LogP contribution in [0.2, 0.25) is 0 Å². The van der Waals surface area contributed by atoms with E-state index in [2.05, 4.69) is 14.8 Å². The molecular weight excluding hydrogens is 378 g/mol. The van der Waals surface area contributed by atoms with Gasteiger partial charge in [-0.2, -0.15) is 0 Å². The van der Waals surface area contributed by atoms with Crippen molar-refractivity contribution in [2.75, 3.05) is 43.1 Å². The van der Waals surface area contributed by atoms with E-state index in [9.17, 15) is 5.11 Å². The number of aromatic nitrogens is 3. The predicted molar refractivity (Wildman–Crippen MR) is 118 cm³/mol. The standard InChI is InChI=1S/C23H27N5O2/c1-27(14-15-30-20-7-3-2-4-8-20)21-16-22(28-12-9-19(29)10-13-28)26-23(25-21)18-6-5-11-24-17-18/h2-8,11,16-17,19,29H,9-10,12-15H2,1H3. The molecule has 0 amide bonds. The lowest BCUT2D eigenvalue weighted by atomic mass is 10.1. The second kappa shape index (κ2) is 9.54. The first kappa shape index (κ1) is 20.1. The molecule has 0 aliphatic carbocycles. The Morgan fingerprint density at radius 3 is 2.63 bits per heavy atom. The number of likely N-dealkylation sites (N-methyl/N-ethyl adjacent to an activating group) is 1. The van der Waals surface area contributed by atoms with Gasteiger partial charge in [-0.15, -0.1) is 0 Å². The first-order valence-corrected chi connectivity index (χ1v) is 10.3. The largest absolute Gasteiger partial charge is 0.492 e. The van der Waals surface area contributed by atoms with Crippen LogP contribution in [0.4, 0.5) is 11.6 Å². The van der Waals surface area contributed by atoms with Gasteiger partial charge in [0, 0.05) is 44.2 Å². The summed E-state index contributed by atoms with van der Waals surface area (Å²) in [6.45, 7) is 2.81. The van der Waals surface area contributed by atoms with Gasteiger partial charge < -0.3 is 19.6 Å². The number of piperidine rings is 1. The van der Waals surface area contributed by atoms with E-state index in [1.165, 1.54) is 0 Å². The number of rotatable bonds is 7.